The fraction of sp³-hybridized carbons (Fsp3) is 0.185. The molecule has 0 bridgehead atoms. The molecule has 2 amide bonds. The SMILES string of the molecule is CCN(CC)C(=O)Oc1ccc2c(ccn2Cc2ccc(F)cc2)c1NC(=O)c1c(Cl)cccc1Cl. The lowest BCUT2D eigenvalue weighted by molar-refractivity contribution is 0.102. The second-order valence-electron chi connectivity index (χ2n) is 8.03. The summed E-state index contributed by atoms with van der Waals surface area (Å²) in [4.78, 5) is 27.5. The van der Waals surface area contributed by atoms with Crippen LogP contribution in [0.5, 0.6) is 5.75 Å². The number of amides is 2. The van der Waals surface area contributed by atoms with Crippen LogP contribution in [0.1, 0.15) is 29.8 Å². The van der Waals surface area contributed by atoms with E-state index >= 15 is 0 Å². The Bertz CT molecular complexity index is 1400. The van der Waals surface area contributed by atoms with Crippen molar-refractivity contribution in [3.63, 3.8) is 0 Å². The standard InChI is InChI=1S/C27H24Cl2FN3O3/c1-3-32(4-2)27(35)36-23-13-12-22-19(14-15-33(22)16-17-8-10-18(30)11-9-17)25(23)31-26(34)24-20(28)6-5-7-21(24)29/h5-15H,3-4,16H2,1-2H3,(H,31,34). The van der Waals surface area contributed by atoms with Gasteiger partial charge in [0.1, 0.15) is 5.82 Å². The zero-order valence-electron chi connectivity index (χ0n) is 19.7. The van der Waals surface area contributed by atoms with Crippen LogP contribution in [0.2, 0.25) is 10.0 Å². The minimum atomic E-state index is -0.537. The van der Waals surface area contributed by atoms with E-state index in [1.165, 1.54) is 17.0 Å². The number of hydrogen-bond acceptors (Lipinski definition) is 3. The molecule has 9 heteroatoms. The van der Waals surface area contributed by atoms with Crippen LogP contribution in [0.15, 0.2) is 66.9 Å². The highest BCUT2D eigenvalue weighted by molar-refractivity contribution is 6.40. The molecule has 0 atom stereocenters. The van der Waals surface area contributed by atoms with Gasteiger partial charge in [-0.25, -0.2) is 9.18 Å². The summed E-state index contributed by atoms with van der Waals surface area (Å²) in [6, 6.07) is 16.3. The minimum absolute atomic E-state index is 0.115. The number of carbonyl (C=O) groups is 2. The minimum Gasteiger partial charge on any atom is -0.408 e. The van der Waals surface area contributed by atoms with Gasteiger partial charge in [-0.05, 0) is 61.9 Å². The number of nitrogens with one attached hydrogen (secondary N) is 1. The van der Waals surface area contributed by atoms with Crippen LogP contribution in [-0.4, -0.2) is 34.6 Å². The maximum absolute atomic E-state index is 13.3. The van der Waals surface area contributed by atoms with E-state index in [1.807, 2.05) is 36.7 Å². The highest BCUT2D eigenvalue weighted by Gasteiger charge is 2.22. The van der Waals surface area contributed by atoms with Crippen molar-refractivity contribution in [1.29, 1.82) is 0 Å². The van der Waals surface area contributed by atoms with Gasteiger partial charge in [-0.3, -0.25) is 4.79 Å². The molecule has 0 spiro atoms. The molecule has 0 fully saturated rings. The lowest BCUT2D eigenvalue weighted by atomic mass is 10.1. The van der Waals surface area contributed by atoms with Gasteiger partial charge in [0.2, 0.25) is 0 Å². The van der Waals surface area contributed by atoms with Gasteiger partial charge < -0.3 is 19.5 Å². The Labute approximate surface area is 218 Å². The summed E-state index contributed by atoms with van der Waals surface area (Å²) >= 11 is 12.5. The normalized spacial score (nSPS) is 10.9. The van der Waals surface area contributed by atoms with E-state index in [9.17, 15) is 14.0 Å². The Morgan fingerprint density at radius 1 is 0.972 bits per heavy atom. The van der Waals surface area contributed by atoms with Crippen molar-refractivity contribution in [3.8, 4) is 5.75 Å². The van der Waals surface area contributed by atoms with Crippen LogP contribution in [-0.2, 0) is 6.54 Å². The number of halogens is 3. The third-order valence-corrected chi connectivity index (χ3v) is 6.46. The molecular weight excluding hydrogens is 504 g/mol. The molecule has 0 saturated carbocycles. The molecule has 1 heterocycles. The van der Waals surface area contributed by atoms with Crippen molar-refractivity contribution in [2.45, 2.75) is 20.4 Å². The maximum Gasteiger partial charge on any atom is 0.415 e. The van der Waals surface area contributed by atoms with Crippen LogP contribution in [0, 0.1) is 5.82 Å². The summed E-state index contributed by atoms with van der Waals surface area (Å²) in [5.74, 6) is -0.654. The van der Waals surface area contributed by atoms with Crippen LogP contribution >= 0.6 is 23.2 Å². The molecule has 4 aromatic rings. The van der Waals surface area contributed by atoms with E-state index in [-0.39, 0.29) is 27.2 Å². The maximum atomic E-state index is 13.3. The molecule has 0 aliphatic heterocycles. The van der Waals surface area contributed by atoms with E-state index in [2.05, 4.69) is 5.32 Å². The number of rotatable bonds is 7. The first-order valence-electron chi connectivity index (χ1n) is 11.4. The zero-order valence-corrected chi connectivity index (χ0v) is 21.2. The lowest BCUT2D eigenvalue weighted by Crippen LogP contribution is -2.33. The van der Waals surface area contributed by atoms with Gasteiger partial charge in [0, 0.05) is 31.2 Å². The predicted molar refractivity (Wildman–Crippen MR) is 141 cm³/mol. The third kappa shape index (κ3) is 5.32. The first-order chi connectivity index (χ1) is 17.3. The topological polar surface area (TPSA) is 63.6 Å². The number of benzene rings is 3. The lowest BCUT2D eigenvalue weighted by Gasteiger charge is -2.20. The first kappa shape index (κ1) is 25.5. The number of aromatic nitrogens is 1. The van der Waals surface area contributed by atoms with Gasteiger partial charge in [0.25, 0.3) is 5.91 Å². The molecule has 0 radical (unpaired) electrons. The summed E-state index contributed by atoms with van der Waals surface area (Å²) in [6.45, 7) is 5.13. The molecule has 0 saturated heterocycles. The number of anilines is 1. The van der Waals surface area contributed by atoms with Gasteiger partial charge in [-0.15, -0.1) is 0 Å². The second-order valence-corrected chi connectivity index (χ2v) is 8.85. The number of fused-ring (bicyclic) bond motifs is 1. The average molecular weight is 528 g/mol. The average Bonchev–Trinajstić information content (AvgIpc) is 3.25. The molecule has 6 nitrogen and oxygen atoms in total. The van der Waals surface area contributed by atoms with Crippen LogP contribution in [0.3, 0.4) is 0 Å². The Kier molecular flexibility index (Phi) is 7.82. The Hall–Kier alpha value is -3.55. The predicted octanol–water partition coefficient (Wildman–Crippen LogP) is 7.23. The van der Waals surface area contributed by atoms with Gasteiger partial charge in [0.15, 0.2) is 5.75 Å². The summed E-state index contributed by atoms with van der Waals surface area (Å²) < 4.78 is 21.0. The van der Waals surface area contributed by atoms with Crippen molar-refractivity contribution >= 4 is 51.8 Å². The Morgan fingerprint density at radius 2 is 1.64 bits per heavy atom. The Balaban J connectivity index is 1.76. The van der Waals surface area contributed by atoms with Gasteiger partial charge >= 0.3 is 6.09 Å². The highest BCUT2D eigenvalue weighted by atomic mass is 35.5. The van der Waals surface area contributed by atoms with Crippen LogP contribution in [0.4, 0.5) is 14.9 Å². The van der Waals surface area contributed by atoms with E-state index in [4.69, 9.17) is 27.9 Å². The van der Waals surface area contributed by atoms with Gasteiger partial charge in [-0.1, -0.05) is 41.4 Å². The van der Waals surface area contributed by atoms with Crippen molar-refractivity contribution in [2.24, 2.45) is 0 Å². The molecule has 0 aliphatic carbocycles. The van der Waals surface area contributed by atoms with Gasteiger partial charge in [-0.2, -0.15) is 0 Å². The summed E-state index contributed by atoms with van der Waals surface area (Å²) in [7, 11) is 0. The molecule has 4 rings (SSSR count). The summed E-state index contributed by atoms with van der Waals surface area (Å²) in [5, 5.41) is 3.90. The fourth-order valence-corrected chi connectivity index (χ4v) is 4.49. The molecule has 186 valence electrons. The fourth-order valence-electron chi connectivity index (χ4n) is 3.92. The molecule has 1 aromatic heterocycles. The van der Waals surface area contributed by atoms with Gasteiger partial charge in [0.05, 0.1) is 26.8 Å². The van der Waals surface area contributed by atoms with E-state index in [0.29, 0.717) is 30.7 Å². The monoisotopic (exact) mass is 527 g/mol. The molecule has 1 N–H and O–H groups in total. The largest absolute Gasteiger partial charge is 0.415 e. The summed E-state index contributed by atoms with van der Waals surface area (Å²) in [5.41, 5.74) is 2.11. The van der Waals surface area contributed by atoms with E-state index in [0.717, 1.165) is 11.1 Å². The smallest absolute Gasteiger partial charge is 0.408 e. The van der Waals surface area contributed by atoms with Crippen molar-refractivity contribution in [1.82, 2.24) is 9.47 Å². The molecule has 0 unspecified atom stereocenters. The molecule has 3 aromatic carbocycles. The van der Waals surface area contributed by atoms with E-state index in [1.54, 1.807) is 36.4 Å². The Morgan fingerprint density at radius 3 is 2.28 bits per heavy atom. The number of nitrogens with zero attached hydrogens (tertiary/aromatic N) is 2. The molecule has 0 aliphatic rings. The number of hydrogen-bond donors (Lipinski definition) is 1. The van der Waals surface area contributed by atoms with Crippen molar-refractivity contribution in [3.05, 3.63) is 93.8 Å². The van der Waals surface area contributed by atoms with Crippen LogP contribution < -0.4 is 10.1 Å². The quantitative estimate of drug-likeness (QED) is 0.275. The van der Waals surface area contributed by atoms with Crippen LogP contribution in [0.25, 0.3) is 10.9 Å². The van der Waals surface area contributed by atoms with Crippen molar-refractivity contribution in [2.75, 3.05) is 18.4 Å². The first-order valence-corrected chi connectivity index (χ1v) is 12.2. The van der Waals surface area contributed by atoms with Crippen molar-refractivity contribution < 1.29 is 18.7 Å². The molecule has 36 heavy (non-hydrogen) atoms. The number of carbonyl (C=O) groups excluding carboxylic acids is 2. The number of ether oxygens (including phenoxy) is 1. The highest BCUT2D eigenvalue weighted by Crippen LogP contribution is 2.36. The molecular formula is C27H24Cl2FN3O3. The van der Waals surface area contributed by atoms with E-state index < -0.39 is 12.0 Å². The third-order valence-electron chi connectivity index (χ3n) is 5.83. The summed E-state index contributed by atoms with van der Waals surface area (Å²) in [6.07, 6.45) is 1.32. The second kappa shape index (κ2) is 11.0. The zero-order chi connectivity index (χ0) is 25.8.